The van der Waals surface area contributed by atoms with Crippen molar-refractivity contribution in [3.05, 3.63) is 52.3 Å². The molecular weight excluding hydrogens is 323 g/mol. The minimum absolute atomic E-state index is 0.0575. The van der Waals surface area contributed by atoms with E-state index in [1.807, 2.05) is 0 Å². The molecular formula is C17H12F3NO3. The Kier molecular flexibility index (Phi) is 3.59. The van der Waals surface area contributed by atoms with E-state index in [1.165, 1.54) is 0 Å². The Balaban J connectivity index is 2.57. The van der Waals surface area contributed by atoms with E-state index < -0.39 is 28.8 Å². The summed E-state index contributed by atoms with van der Waals surface area (Å²) in [6.07, 6.45) is -5.25. The molecule has 0 bridgehead atoms. The predicted molar refractivity (Wildman–Crippen MR) is 83.4 cm³/mol. The Morgan fingerprint density at radius 1 is 1.17 bits per heavy atom. The van der Waals surface area contributed by atoms with Crippen molar-refractivity contribution < 1.29 is 23.1 Å². The monoisotopic (exact) mass is 335 g/mol. The first-order chi connectivity index (χ1) is 11.3. The Morgan fingerprint density at radius 2 is 1.83 bits per heavy atom. The van der Waals surface area contributed by atoms with Crippen molar-refractivity contribution in [2.75, 3.05) is 0 Å². The number of aryl methyl sites for hydroxylation is 1. The maximum absolute atomic E-state index is 12.8. The van der Waals surface area contributed by atoms with Crippen LogP contribution in [0, 0.1) is 0 Å². The maximum Gasteiger partial charge on any atom is 0.455 e. The lowest BCUT2D eigenvalue weighted by molar-refractivity contribution is -0.0887. The van der Waals surface area contributed by atoms with Crippen molar-refractivity contribution in [2.45, 2.75) is 19.6 Å². The van der Waals surface area contributed by atoms with Crippen molar-refractivity contribution in [2.24, 2.45) is 0 Å². The average Bonchev–Trinajstić information content (AvgIpc) is 2.53. The molecule has 0 aliphatic rings. The Hall–Kier alpha value is -2.83. The summed E-state index contributed by atoms with van der Waals surface area (Å²) in [6, 6.07) is 9.99. The molecule has 0 saturated heterocycles. The Morgan fingerprint density at radius 3 is 2.46 bits per heavy atom. The van der Waals surface area contributed by atoms with Gasteiger partial charge in [-0.3, -0.25) is 9.59 Å². The molecule has 7 heteroatoms. The van der Waals surface area contributed by atoms with Crippen LogP contribution in [-0.2, 0) is 6.54 Å². The highest BCUT2D eigenvalue weighted by Crippen LogP contribution is 2.35. The first-order valence-corrected chi connectivity index (χ1v) is 7.16. The van der Waals surface area contributed by atoms with E-state index in [0.29, 0.717) is 10.8 Å². The first-order valence-electron chi connectivity index (χ1n) is 7.16. The summed E-state index contributed by atoms with van der Waals surface area (Å²) in [5.74, 6) is -3.28. The number of rotatable bonds is 2. The van der Waals surface area contributed by atoms with Crippen molar-refractivity contribution >= 4 is 27.5 Å². The van der Waals surface area contributed by atoms with Crippen LogP contribution < -0.4 is 5.56 Å². The van der Waals surface area contributed by atoms with Crippen LogP contribution >= 0.6 is 0 Å². The largest absolute Gasteiger partial charge is 0.506 e. The second kappa shape index (κ2) is 5.36. The third kappa shape index (κ3) is 2.24. The van der Waals surface area contributed by atoms with Crippen molar-refractivity contribution in [3.63, 3.8) is 0 Å². The standard InChI is InChI=1S/C17H12F3NO3/c1-2-21-11-8-7-9-5-3-4-6-10(9)12(11)14(22)13(16(21)24)15(23)17(18,19)20/h3-8,22H,2H2,1H3. The molecule has 24 heavy (non-hydrogen) atoms. The quantitative estimate of drug-likeness (QED) is 0.575. The molecule has 0 aliphatic carbocycles. The van der Waals surface area contributed by atoms with Crippen LogP contribution in [0.5, 0.6) is 5.75 Å². The number of hydrogen-bond acceptors (Lipinski definition) is 3. The van der Waals surface area contributed by atoms with Crippen LogP contribution in [0.2, 0.25) is 0 Å². The number of pyridine rings is 1. The number of aromatic hydroxyl groups is 1. The van der Waals surface area contributed by atoms with E-state index in [2.05, 4.69) is 0 Å². The summed E-state index contributed by atoms with van der Waals surface area (Å²) in [6.45, 7) is 1.64. The van der Waals surface area contributed by atoms with E-state index in [1.54, 1.807) is 43.3 Å². The number of nitrogens with zero attached hydrogens (tertiary/aromatic N) is 1. The molecule has 1 N–H and O–H groups in total. The van der Waals surface area contributed by atoms with Gasteiger partial charge in [-0.25, -0.2) is 0 Å². The molecule has 124 valence electrons. The molecule has 4 nitrogen and oxygen atoms in total. The summed E-state index contributed by atoms with van der Waals surface area (Å²) >= 11 is 0. The highest BCUT2D eigenvalue weighted by atomic mass is 19.4. The van der Waals surface area contributed by atoms with Crippen LogP contribution in [0.1, 0.15) is 17.3 Å². The fraction of sp³-hybridized carbons (Fsp3) is 0.176. The zero-order valence-corrected chi connectivity index (χ0v) is 12.5. The lowest BCUT2D eigenvalue weighted by atomic mass is 10.0. The molecule has 0 amide bonds. The average molecular weight is 335 g/mol. The van der Waals surface area contributed by atoms with Gasteiger partial charge in [-0.1, -0.05) is 30.3 Å². The van der Waals surface area contributed by atoms with Gasteiger partial charge in [-0.05, 0) is 23.8 Å². The number of halogens is 3. The molecule has 0 atom stereocenters. The molecule has 0 radical (unpaired) electrons. The molecule has 3 rings (SSSR count). The van der Waals surface area contributed by atoms with Gasteiger partial charge >= 0.3 is 6.18 Å². The van der Waals surface area contributed by atoms with Gasteiger partial charge in [0, 0.05) is 11.9 Å². The van der Waals surface area contributed by atoms with Gasteiger partial charge < -0.3 is 9.67 Å². The van der Waals surface area contributed by atoms with E-state index in [4.69, 9.17) is 0 Å². The summed E-state index contributed by atoms with van der Waals surface area (Å²) in [5.41, 5.74) is -2.12. The third-order valence-electron chi connectivity index (χ3n) is 3.93. The minimum atomic E-state index is -5.25. The normalized spacial score (nSPS) is 12.0. The van der Waals surface area contributed by atoms with Crippen molar-refractivity contribution in [1.29, 1.82) is 0 Å². The Bertz CT molecular complexity index is 1040. The highest BCUT2D eigenvalue weighted by Gasteiger charge is 2.43. The minimum Gasteiger partial charge on any atom is -0.506 e. The SMILES string of the molecule is CCn1c(=O)c(C(=O)C(F)(F)F)c(O)c2c3ccccc3ccc21. The Labute approximate surface area is 133 Å². The topological polar surface area (TPSA) is 59.3 Å². The number of carbonyl (C=O) groups is 1. The number of alkyl halides is 3. The molecule has 0 saturated carbocycles. The second-order valence-electron chi connectivity index (χ2n) is 5.28. The molecule has 3 aromatic rings. The molecule has 2 aromatic carbocycles. The van der Waals surface area contributed by atoms with Gasteiger partial charge in [0.05, 0.1) is 5.52 Å². The number of benzene rings is 2. The smallest absolute Gasteiger partial charge is 0.455 e. The van der Waals surface area contributed by atoms with Gasteiger partial charge in [-0.2, -0.15) is 13.2 Å². The van der Waals surface area contributed by atoms with Gasteiger partial charge in [-0.15, -0.1) is 0 Å². The van der Waals surface area contributed by atoms with E-state index >= 15 is 0 Å². The van der Waals surface area contributed by atoms with Crippen molar-refractivity contribution in [1.82, 2.24) is 4.57 Å². The number of Topliss-reactive ketones (excluding diaryl/α,β-unsaturated/α-hetero) is 1. The lowest BCUT2D eigenvalue weighted by Crippen LogP contribution is -2.33. The predicted octanol–water partition coefficient (Wildman–Crippen LogP) is 3.63. The summed E-state index contributed by atoms with van der Waals surface area (Å²) in [4.78, 5) is 24.0. The van der Waals surface area contributed by atoms with Gasteiger partial charge in [0.2, 0.25) is 0 Å². The summed E-state index contributed by atoms with van der Waals surface area (Å²) in [7, 11) is 0. The molecule has 1 aromatic heterocycles. The first kappa shape index (κ1) is 16.0. The summed E-state index contributed by atoms with van der Waals surface area (Å²) < 4.78 is 39.6. The second-order valence-corrected chi connectivity index (χ2v) is 5.28. The van der Waals surface area contributed by atoms with Crippen LogP contribution in [0.4, 0.5) is 13.2 Å². The number of carbonyl (C=O) groups excluding carboxylic acids is 1. The lowest BCUT2D eigenvalue weighted by Gasteiger charge is -2.15. The van der Waals surface area contributed by atoms with Gasteiger partial charge in [0.1, 0.15) is 11.3 Å². The van der Waals surface area contributed by atoms with Gasteiger partial charge in [0.15, 0.2) is 0 Å². The van der Waals surface area contributed by atoms with Crippen LogP contribution in [-0.4, -0.2) is 21.6 Å². The number of hydrogen-bond donors (Lipinski definition) is 1. The zero-order valence-electron chi connectivity index (χ0n) is 12.5. The van der Waals surface area contributed by atoms with E-state index in [-0.39, 0.29) is 17.4 Å². The molecule has 0 spiro atoms. The molecule has 0 fully saturated rings. The number of ketones is 1. The van der Waals surface area contributed by atoms with Gasteiger partial charge in [0.25, 0.3) is 11.3 Å². The van der Waals surface area contributed by atoms with E-state index in [9.17, 15) is 27.9 Å². The maximum atomic E-state index is 12.8. The van der Waals surface area contributed by atoms with Crippen LogP contribution in [0.25, 0.3) is 21.7 Å². The molecule has 0 aliphatic heterocycles. The number of aromatic nitrogens is 1. The molecule has 1 heterocycles. The van der Waals surface area contributed by atoms with Crippen LogP contribution in [0.3, 0.4) is 0 Å². The zero-order chi connectivity index (χ0) is 17.6. The fourth-order valence-corrected chi connectivity index (χ4v) is 2.86. The fourth-order valence-electron chi connectivity index (χ4n) is 2.86. The number of fused-ring (bicyclic) bond motifs is 3. The van der Waals surface area contributed by atoms with Crippen molar-refractivity contribution in [3.8, 4) is 5.75 Å². The summed E-state index contributed by atoms with van der Waals surface area (Å²) in [5, 5.41) is 11.5. The molecule has 0 unspecified atom stereocenters. The third-order valence-corrected chi connectivity index (χ3v) is 3.93. The van der Waals surface area contributed by atoms with E-state index in [0.717, 1.165) is 4.57 Å². The highest BCUT2D eigenvalue weighted by molar-refractivity contribution is 6.14. The van der Waals surface area contributed by atoms with Crippen LogP contribution in [0.15, 0.2) is 41.2 Å².